The Balaban J connectivity index is 1.55. The van der Waals surface area contributed by atoms with Gasteiger partial charge in [-0.05, 0) is 32.9 Å². The molecule has 0 saturated carbocycles. The molecule has 0 bridgehead atoms. The Kier molecular flexibility index (Phi) is 5.66. The summed E-state index contributed by atoms with van der Waals surface area (Å²) in [4.78, 5) is 20.4. The van der Waals surface area contributed by atoms with Crippen LogP contribution in [-0.4, -0.2) is 69.8 Å². The van der Waals surface area contributed by atoms with E-state index in [0.29, 0.717) is 23.9 Å². The maximum absolute atomic E-state index is 11.7. The fourth-order valence-electron chi connectivity index (χ4n) is 4.61. The third kappa shape index (κ3) is 4.31. The lowest BCUT2D eigenvalue weighted by atomic mass is 9.92. The molecule has 5 heterocycles. The van der Waals surface area contributed by atoms with Crippen LogP contribution in [0.5, 0.6) is 5.75 Å². The van der Waals surface area contributed by atoms with Gasteiger partial charge >= 0.3 is 0 Å². The minimum atomic E-state index is -3.03. The third-order valence-corrected chi connectivity index (χ3v) is 7.51. The number of methoxy groups -OCH3 is 1. The molecule has 4 aromatic rings. The highest BCUT2D eigenvalue weighted by atomic mass is 32.2. The normalized spacial score (nSPS) is 18.0. The van der Waals surface area contributed by atoms with Gasteiger partial charge in [0, 0.05) is 54.3 Å². The number of pyridine rings is 2. The van der Waals surface area contributed by atoms with Crippen molar-refractivity contribution in [2.24, 2.45) is 5.92 Å². The van der Waals surface area contributed by atoms with E-state index in [0.717, 1.165) is 33.7 Å². The molecule has 35 heavy (non-hydrogen) atoms. The van der Waals surface area contributed by atoms with Crippen LogP contribution in [0.1, 0.15) is 18.4 Å². The molecule has 11 heteroatoms. The number of sulfone groups is 1. The van der Waals surface area contributed by atoms with E-state index in [-0.39, 0.29) is 17.7 Å². The average Bonchev–Trinajstić information content (AvgIpc) is 3.25. The number of ether oxygens (including phenoxy) is 1. The van der Waals surface area contributed by atoms with E-state index in [1.165, 1.54) is 6.26 Å². The second-order valence-electron chi connectivity index (χ2n) is 9.04. The molecule has 0 aliphatic carbocycles. The summed E-state index contributed by atoms with van der Waals surface area (Å²) in [5.74, 6) is 2.95. The van der Waals surface area contributed by atoms with Gasteiger partial charge in [0.2, 0.25) is 0 Å². The number of aryl methyl sites for hydroxylation is 2. The van der Waals surface area contributed by atoms with Gasteiger partial charge in [-0.15, -0.1) is 0 Å². The second kappa shape index (κ2) is 8.56. The highest BCUT2D eigenvalue weighted by molar-refractivity contribution is 7.90. The number of hydrogen-bond acceptors (Lipinski definition) is 9. The highest BCUT2D eigenvalue weighted by Crippen LogP contribution is 2.33. The van der Waals surface area contributed by atoms with Crippen LogP contribution in [0.3, 0.4) is 0 Å². The number of anilines is 1. The Labute approximate surface area is 203 Å². The lowest BCUT2D eigenvalue weighted by Crippen LogP contribution is -2.57. The molecule has 10 nitrogen and oxygen atoms in total. The van der Waals surface area contributed by atoms with Crippen LogP contribution in [0.2, 0.25) is 0 Å². The fraction of sp³-hybridized carbons (Fsp3) is 0.375. The number of aromatic nitrogens is 6. The van der Waals surface area contributed by atoms with Gasteiger partial charge < -0.3 is 9.64 Å². The number of fused-ring (bicyclic) bond motifs is 1. The molecule has 0 radical (unpaired) electrons. The summed E-state index contributed by atoms with van der Waals surface area (Å²) in [7, 11) is -1.41. The van der Waals surface area contributed by atoms with Gasteiger partial charge in [0.15, 0.2) is 5.82 Å². The van der Waals surface area contributed by atoms with E-state index < -0.39 is 9.84 Å². The summed E-state index contributed by atoms with van der Waals surface area (Å²) in [6, 6.07) is 5.73. The predicted molar refractivity (Wildman–Crippen MR) is 134 cm³/mol. The zero-order valence-electron chi connectivity index (χ0n) is 20.3. The lowest BCUT2D eigenvalue weighted by Gasteiger charge is -2.47. The van der Waals surface area contributed by atoms with Crippen molar-refractivity contribution in [3.05, 3.63) is 48.3 Å². The summed E-state index contributed by atoms with van der Waals surface area (Å²) in [6.45, 7) is 6.46. The molecule has 2 atom stereocenters. The van der Waals surface area contributed by atoms with Crippen LogP contribution in [0, 0.1) is 19.8 Å². The molecule has 1 fully saturated rings. The molecular formula is C24H27N7O3S. The molecule has 1 saturated heterocycles. The maximum atomic E-state index is 11.7. The Morgan fingerprint density at radius 2 is 1.89 bits per heavy atom. The van der Waals surface area contributed by atoms with Gasteiger partial charge in [0.25, 0.3) is 0 Å². The number of nitrogens with zero attached hydrogens (tertiary/aromatic N) is 7. The summed E-state index contributed by atoms with van der Waals surface area (Å²) in [5.41, 5.74) is 3.21. The molecule has 182 valence electrons. The van der Waals surface area contributed by atoms with E-state index in [4.69, 9.17) is 9.72 Å². The first kappa shape index (κ1) is 23.2. The molecule has 0 unspecified atom stereocenters. The van der Waals surface area contributed by atoms with Crippen LogP contribution in [-0.2, 0) is 9.84 Å². The molecule has 5 rings (SSSR count). The molecular weight excluding hydrogens is 466 g/mol. The molecule has 0 aromatic carbocycles. The molecule has 1 aliphatic heterocycles. The van der Waals surface area contributed by atoms with Crippen molar-refractivity contribution in [2.75, 3.05) is 30.6 Å². The Hall–Kier alpha value is -3.60. The maximum Gasteiger partial charge on any atom is 0.159 e. The molecule has 0 N–H and O–H groups in total. The van der Waals surface area contributed by atoms with E-state index >= 15 is 0 Å². The van der Waals surface area contributed by atoms with Crippen molar-refractivity contribution >= 4 is 26.6 Å². The molecule has 0 amide bonds. The first-order chi connectivity index (χ1) is 16.6. The van der Waals surface area contributed by atoms with E-state index in [2.05, 4.69) is 25.0 Å². The molecule has 4 aromatic heterocycles. The fourth-order valence-corrected chi connectivity index (χ4v) is 5.78. The summed E-state index contributed by atoms with van der Waals surface area (Å²) in [6.07, 6.45) is 6.48. The minimum absolute atomic E-state index is 0.0670. The van der Waals surface area contributed by atoms with Crippen molar-refractivity contribution in [3.63, 3.8) is 0 Å². The lowest BCUT2D eigenvalue weighted by molar-refractivity contribution is 0.338. The summed E-state index contributed by atoms with van der Waals surface area (Å²) < 4.78 is 30.8. The van der Waals surface area contributed by atoms with Crippen molar-refractivity contribution < 1.29 is 13.2 Å². The zero-order chi connectivity index (χ0) is 24.9. The van der Waals surface area contributed by atoms with Gasteiger partial charge in [-0.25, -0.2) is 23.1 Å². The van der Waals surface area contributed by atoms with Crippen molar-refractivity contribution in [1.29, 1.82) is 0 Å². The predicted octanol–water partition coefficient (Wildman–Crippen LogP) is 2.77. The average molecular weight is 494 g/mol. The standard InChI is InChI=1S/C24H27N7O3S/c1-14-18-11-26-31(21(18)8-20(27-14)19-10-25-7-6-22(19)34-4)24-9-23(28-16(3)29-24)30-12-17(15(30)2)13-35(5,32)33/h6-11,15,17H,12-13H2,1-5H3/t15-,17-/m1/s1. The van der Waals surface area contributed by atoms with Gasteiger partial charge in [-0.3, -0.25) is 9.97 Å². The highest BCUT2D eigenvalue weighted by Gasteiger charge is 2.38. The Morgan fingerprint density at radius 3 is 2.60 bits per heavy atom. The number of rotatable bonds is 6. The molecule has 0 spiro atoms. The van der Waals surface area contributed by atoms with Crippen LogP contribution in [0.15, 0.2) is 36.8 Å². The van der Waals surface area contributed by atoms with Crippen molar-refractivity contribution in [3.8, 4) is 22.8 Å². The molecule has 1 aliphatic rings. The van der Waals surface area contributed by atoms with Gasteiger partial charge in [0.05, 0.1) is 35.8 Å². The van der Waals surface area contributed by atoms with Gasteiger partial charge in [-0.1, -0.05) is 0 Å². The second-order valence-corrected chi connectivity index (χ2v) is 11.2. The first-order valence-electron chi connectivity index (χ1n) is 11.3. The minimum Gasteiger partial charge on any atom is -0.496 e. The van der Waals surface area contributed by atoms with Crippen molar-refractivity contribution in [2.45, 2.75) is 26.8 Å². The number of hydrogen-bond donors (Lipinski definition) is 0. The van der Waals surface area contributed by atoms with E-state index in [1.54, 1.807) is 36.4 Å². The van der Waals surface area contributed by atoms with E-state index in [9.17, 15) is 8.42 Å². The largest absolute Gasteiger partial charge is 0.496 e. The van der Waals surface area contributed by atoms with Gasteiger partial charge in [-0.2, -0.15) is 5.10 Å². The van der Waals surface area contributed by atoms with Crippen molar-refractivity contribution in [1.82, 2.24) is 29.7 Å². The topological polar surface area (TPSA) is 116 Å². The van der Waals surface area contributed by atoms with E-state index in [1.807, 2.05) is 32.9 Å². The third-order valence-electron chi connectivity index (χ3n) is 6.48. The zero-order valence-corrected chi connectivity index (χ0v) is 21.1. The monoisotopic (exact) mass is 493 g/mol. The summed E-state index contributed by atoms with van der Waals surface area (Å²) in [5, 5.41) is 5.53. The quantitative estimate of drug-likeness (QED) is 0.400. The van der Waals surface area contributed by atoms with Crippen LogP contribution >= 0.6 is 0 Å². The van der Waals surface area contributed by atoms with Crippen LogP contribution in [0.4, 0.5) is 5.82 Å². The smallest absolute Gasteiger partial charge is 0.159 e. The SMILES string of the molecule is COc1ccncc1-c1cc2c(cnn2-c2cc(N3C[C@H](CS(C)(=O)=O)[C@H]3C)nc(C)n2)c(C)n1. The van der Waals surface area contributed by atoms with Crippen LogP contribution < -0.4 is 9.64 Å². The van der Waals surface area contributed by atoms with Crippen LogP contribution in [0.25, 0.3) is 28.0 Å². The van der Waals surface area contributed by atoms with Gasteiger partial charge in [0.1, 0.15) is 27.2 Å². The summed E-state index contributed by atoms with van der Waals surface area (Å²) >= 11 is 0. The Bertz CT molecular complexity index is 1530. The first-order valence-corrected chi connectivity index (χ1v) is 13.3. The Morgan fingerprint density at radius 1 is 1.11 bits per heavy atom.